The number of rotatable bonds is 5. The maximum absolute atomic E-state index is 12.9. The summed E-state index contributed by atoms with van der Waals surface area (Å²) in [6.07, 6.45) is -1.82. The first-order chi connectivity index (χ1) is 14.5. The van der Waals surface area contributed by atoms with Crippen molar-refractivity contribution in [3.05, 3.63) is 64.7 Å². The highest BCUT2D eigenvalue weighted by Gasteiger charge is 2.30. The number of piperidine rings is 1. The Morgan fingerprint density at radius 1 is 1.03 bits per heavy atom. The number of amides is 1. The highest BCUT2D eigenvalue weighted by Crippen LogP contribution is 2.30. The summed E-state index contributed by atoms with van der Waals surface area (Å²) in [6, 6.07) is 8.47. The molecule has 0 saturated carbocycles. The van der Waals surface area contributed by atoms with Gasteiger partial charge in [0.1, 0.15) is 0 Å². The molecule has 1 atom stereocenters. The molecule has 1 unspecified atom stereocenters. The number of alkyl halides is 3. The molecule has 5 nitrogen and oxygen atoms in total. The van der Waals surface area contributed by atoms with Gasteiger partial charge < -0.3 is 5.32 Å². The zero-order chi connectivity index (χ0) is 22.8. The van der Waals surface area contributed by atoms with Crippen molar-refractivity contribution in [2.75, 3.05) is 13.1 Å². The van der Waals surface area contributed by atoms with Crippen LogP contribution < -0.4 is 5.32 Å². The van der Waals surface area contributed by atoms with Crippen molar-refractivity contribution in [1.29, 1.82) is 0 Å². The molecule has 1 fully saturated rings. The number of benzene rings is 2. The van der Waals surface area contributed by atoms with Crippen LogP contribution in [0.3, 0.4) is 0 Å². The summed E-state index contributed by atoms with van der Waals surface area (Å²) in [6.45, 7) is 4.28. The van der Waals surface area contributed by atoms with E-state index in [-0.39, 0.29) is 10.5 Å². The van der Waals surface area contributed by atoms with Crippen LogP contribution in [0, 0.1) is 6.92 Å². The van der Waals surface area contributed by atoms with Crippen molar-refractivity contribution in [1.82, 2.24) is 9.62 Å². The van der Waals surface area contributed by atoms with Gasteiger partial charge in [0.2, 0.25) is 10.0 Å². The molecule has 2 aromatic rings. The van der Waals surface area contributed by atoms with Crippen LogP contribution in [-0.4, -0.2) is 31.7 Å². The Hall–Kier alpha value is -2.39. The number of aryl methyl sites for hydroxylation is 1. The minimum Gasteiger partial charge on any atom is -0.346 e. The molecule has 0 aromatic heterocycles. The molecule has 1 aliphatic rings. The number of sulfonamides is 1. The quantitative estimate of drug-likeness (QED) is 0.714. The summed E-state index contributed by atoms with van der Waals surface area (Å²) in [4.78, 5) is 12.9. The zero-order valence-corrected chi connectivity index (χ0v) is 18.2. The fourth-order valence-corrected chi connectivity index (χ4v) is 5.12. The summed E-state index contributed by atoms with van der Waals surface area (Å²) in [5.41, 5.74) is 0.573. The van der Waals surface area contributed by atoms with Gasteiger partial charge >= 0.3 is 6.18 Å². The topological polar surface area (TPSA) is 66.5 Å². The Kier molecular flexibility index (Phi) is 6.76. The number of nitrogens with zero attached hydrogens (tertiary/aromatic N) is 1. The van der Waals surface area contributed by atoms with Gasteiger partial charge in [-0.05, 0) is 62.1 Å². The lowest BCUT2D eigenvalue weighted by Gasteiger charge is -2.26. The van der Waals surface area contributed by atoms with Crippen molar-refractivity contribution in [3.8, 4) is 0 Å². The molecule has 168 valence electrons. The Morgan fingerprint density at radius 3 is 2.23 bits per heavy atom. The fraction of sp³-hybridized carbons (Fsp3) is 0.409. The van der Waals surface area contributed by atoms with Gasteiger partial charge in [0.15, 0.2) is 0 Å². The van der Waals surface area contributed by atoms with Gasteiger partial charge in [0.05, 0.1) is 16.5 Å². The predicted molar refractivity (Wildman–Crippen MR) is 111 cm³/mol. The Bertz CT molecular complexity index is 1040. The molecule has 3 rings (SSSR count). The second kappa shape index (κ2) is 9.00. The minimum absolute atomic E-state index is 0.0623. The van der Waals surface area contributed by atoms with E-state index in [1.165, 1.54) is 28.6 Å². The normalized spacial score (nSPS) is 16.7. The van der Waals surface area contributed by atoms with E-state index in [1.54, 1.807) is 19.9 Å². The number of carbonyl (C=O) groups is 1. The molecule has 1 N–H and O–H groups in total. The van der Waals surface area contributed by atoms with E-state index in [9.17, 15) is 26.4 Å². The molecule has 0 spiro atoms. The number of halogens is 3. The summed E-state index contributed by atoms with van der Waals surface area (Å²) < 4.78 is 65.5. The van der Waals surface area contributed by atoms with E-state index in [0.717, 1.165) is 31.4 Å². The number of hydrogen-bond donors (Lipinski definition) is 1. The SMILES string of the molecule is Cc1ccc(S(=O)(=O)N2CCCCC2)cc1C(=O)NC(C)c1ccc(C(F)(F)F)cc1. The van der Waals surface area contributed by atoms with E-state index in [0.29, 0.717) is 24.2 Å². The van der Waals surface area contributed by atoms with Crippen LogP contribution in [0.4, 0.5) is 13.2 Å². The molecule has 0 bridgehead atoms. The van der Waals surface area contributed by atoms with E-state index >= 15 is 0 Å². The summed E-state index contributed by atoms with van der Waals surface area (Å²) >= 11 is 0. The van der Waals surface area contributed by atoms with Gasteiger partial charge in [0, 0.05) is 18.7 Å². The molecule has 1 saturated heterocycles. The Morgan fingerprint density at radius 2 is 1.65 bits per heavy atom. The number of hydrogen-bond acceptors (Lipinski definition) is 3. The first-order valence-electron chi connectivity index (χ1n) is 10.1. The molecule has 0 aliphatic carbocycles. The lowest BCUT2D eigenvalue weighted by Crippen LogP contribution is -2.35. The summed E-state index contributed by atoms with van der Waals surface area (Å²) in [5.74, 6) is -0.486. The van der Waals surface area contributed by atoms with E-state index < -0.39 is 33.7 Å². The predicted octanol–water partition coefficient (Wildman–Crippen LogP) is 4.68. The smallest absolute Gasteiger partial charge is 0.346 e. The van der Waals surface area contributed by atoms with Gasteiger partial charge in [-0.3, -0.25) is 4.79 Å². The molecular weight excluding hydrogens is 429 g/mol. The van der Waals surface area contributed by atoms with E-state index in [1.807, 2.05) is 0 Å². The van der Waals surface area contributed by atoms with Crippen LogP contribution in [0.2, 0.25) is 0 Å². The third-order valence-electron chi connectivity index (χ3n) is 5.49. The van der Waals surface area contributed by atoms with Crippen LogP contribution in [0.25, 0.3) is 0 Å². The molecule has 31 heavy (non-hydrogen) atoms. The third kappa shape index (κ3) is 5.27. The van der Waals surface area contributed by atoms with Gasteiger partial charge in [0.25, 0.3) is 5.91 Å². The minimum atomic E-state index is -4.43. The molecular formula is C22H25F3N2O3S. The lowest BCUT2D eigenvalue weighted by atomic mass is 10.0. The van der Waals surface area contributed by atoms with Crippen LogP contribution in [0.5, 0.6) is 0 Å². The van der Waals surface area contributed by atoms with Gasteiger partial charge in [-0.1, -0.05) is 24.6 Å². The largest absolute Gasteiger partial charge is 0.416 e. The first kappa shape index (κ1) is 23.3. The standard InChI is InChI=1S/C22H25F3N2O3S/c1-15-6-11-19(31(29,30)27-12-4-3-5-13-27)14-20(15)21(28)26-16(2)17-7-9-18(10-8-17)22(23,24)25/h6-11,14,16H,3-5,12-13H2,1-2H3,(H,26,28). The molecule has 9 heteroatoms. The van der Waals surface area contributed by atoms with Crippen LogP contribution in [0.15, 0.2) is 47.4 Å². The van der Waals surface area contributed by atoms with Crippen LogP contribution >= 0.6 is 0 Å². The summed E-state index contributed by atoms with van der Waals surface area (Å²) in [5, 5.41) is 2.74. The zero-order valence-electron chi connectivity index (χ0n) is 17.4. The van der Waals surface area contributed by atoms with Gasteiger partial charge in [-0.15, -0.1) is 0 Å². The van der Waals surface area contributed by atoms with Crippen molar-refractivity contribution in [3.63, 3.8) is 0 Å². The maximum atomic E-state index is 12.9. The third-order valence-corrected chi connectivity index (χ3v) is 7.39. The second-order valence-corrected chi connectivity index (χ2v) is 9.69. The summed E-state index contributed by atoms with van der Waals surface area (Å²) in [7, 11) is -3.69. The number of carbonyl (C=O) groups excluding carboxylic acids is 1. The Labute approximate surface area is 180 Å². The number of nitrogens with one attached hydrogen (secondary N) is 1. The molecule has 1 heterocycles. The van der Waals surface area contributed by atoms with E-state index in [2.05, 4.69) is 5.32 Å². The highest BCUT2D eigenvalue weighted by atomic mass is 32.2. The second-order valence-electron chi connectivity index (χ2n) is 7.76. The molecule has 1 aliphatic heterocycles. The average molecular weight is 455 g/mol. The van der Waals surface area contributed by atoms with Crippen molar-refractivity contribution in [2.45, 2.75) is 50.2 Å². The van der Waals surface area contributed by atoms with Crippen LogP contribution in [-0.2, 0) is 16.2 Å². The van der Waals surface area contributed by atoms with Gasteiger partial charge in [-0.25, -0.2) is 8.42 Å². The average Bonchev–Trinajstić information content (AvgIpc) is 2.74. The van der Waals surface area contributed by atoms with Gasteiger partial charge in [-0.2, -0.15) is 17.5 Å². The monoisotopic (exact) mass is 454 g/mol. The van der Waals surface area contributed by atoms with Crippen LogP contribution in [0.1, 0.15) is 59.3 Å². The maximum Gasteiger partial charge on any atom is 0.416 e. The first-order valence-corrected chi connectivity index (χ1v) is 11.5. The lowest BCUT2D eigenvalue weighted by molar-refractivity contribution is -0.137. The fourth-order valence-electron chi connectivity index (χ4n) is 3.58. The molecule has 0 radical (unpaired) electrons. The molecule has 2 aromatic carbocycles. The Balaban J connectivity index is 1.79. The van der Waals surface area contributed by atoms with Crippen molar-refractivity contribution in [2.24, 2.45) is 0 Å². The molecule has 1 amide bonds. The highest BCUT2D eigenvalue weighted by molar-refractivity contribution is 7.89. The van der Waals surface area contributed by atoms with Crippen molar-refractivity contribution >= 4 is 15.9 Å². The van der Waals surface area contributed by atoms with Crippen molar-refractivity contribution < 1.29 is 26.4 Å². The van der Waals surface area contributed by atoms with E-state index in [4.69, 9.17) is 0 Å².